The third kappa shape index (κ3) is 3.64. The van der Waals surface area contributed by atoms with Crippen molar-refractivity contribution in [3.05, 3.63) is 17.5 Å². The van der Waals surface area contributed by atoms with Gasteiger partial charge in [-0.3, -0.25) is 9.48 Å². The van der Waals surface area contributed by atoms with Crippen LogP contribution in [0.4, 0.5) is 0 Å². The summed E-state index contributed by atoms with van der Waals surface area (Å²) in [7, 11) is 0. The van der Waals surface area contributed by atoms with Crippen molar-refractivity contribution in [2.45, 2.75) is 65.0 Å². The highest BCUT2D eigenvalue weighted by Gasteiger charge is 2.33. The second-order valence-corrected chi connectivity index (χ2v) is 6.42. The SMILES string of the molecule is CCC(C)C(O)CNC(=O)c1cnn(C(C)C)c1C1CC1. The first-order chi connectivity index (χ1) is 9.95. The Morgan fingerprint density at radius 2 is 2.14 bits per heavy atom. The number of aliphatic hydroxyl groups excluding tert-OH is 1. The fourth-order valence-electron chi connectivity index (χ4n) is 2.49. The fraction of sp³-hybridized carbons (Fsp3) is 0.750. The molecule has 1 saturated carbocycles. The molecule has 2 rings (SSSR count). The molecule has 1 amide bonds. The molecule has 1 aromatic rings. The summed E-state index contributed by atoms with van der Waals surface area (Å²) in [4.78, 5) is 12.4. The van der Waals surface area contributed by atoms with E-state index in [0.29, 0.717) is 18.0 Å². The van der Waals surface area contributed by atoms with Crippen LogP contribution in [0.5, 0.6) is 0 Å². The van der Waals surface area contributed by atoms with E-state index in [-0.39, 0.29) is 17.9 Å². The van der Waals surface area contributed by atoms with Gasteiger partial charge in [0.2, 0.25) is 0 Å². The smallest absolute Gasteiger partial charge is 0.254 e. The number of aliphatic hydroxyl groups is 1. The molecule has 118 valence electrons. The lowest BCUT2D eigenvalue weighted by Crippen LogP contribution is -2.35. The van der Waals surface area contributed by atoms with E-state index >= 15 is 0 Å². The molecule has 5 heteroatoms. The second kappa shape index (κ2) is 6.60. The maximum atomic E-state index is 12.4. The predicted molar refractivity (Wildman–Crippen MR) is 82.4 cm³/mol. The number of hydrogen-bond donors (Lipinski definition) is 2. The van der Waals surface area contributed by atoms with E-state index in [1.807, 2.05) is 18.5 Å². The standard InChI is InChI=1S/C16H27N3O2/c1-5-11(4)14(20)9-17-16(21)13-8-18-19(10(2)3)15(13)12-6-7-12/h8,10-12,14,20H,5-7,9H2,1-4H3,(H,17,21). The molecule has 1 aliphatic carbocycles. The van der Waals surface area contributed by atoms with Crippen molar-refractivity contribution in [2.75, 3.05) is 6.54 Å². The molecule has 0 radical (unpaired) electrons. The zero-order chi connectivity index (χ0) is 15.6. The molecule has 1 heterocycles. The number of nitrogens with one attached hydrogen (secondary N) is 1. The van der Waals surface area contributed by atoms with Crippen molar-refractivity contribution < 1.29 is 9.90 Å². The number of carbonyl (C=O) groups is 1. The summed E-state index contributed by atoms with van der Waals surface area (Å²) in [5.41, 5.74) is 1.73. The van der Waals surface area contributed by atoms with Gasteiger partial charge in [-0.15, -0.1) is 0 Å². The fourth-order valence-corrected chi connectivity index (χ4v) is 2.49. The number of hydrogen-bond acceptors (Lipinski definition) is 3. The summed E-state index contributed by atoms with van der Waals surface area (Å²) in [6, 6.07) is 0.257. The Labute approximate surface area is 126 Å². The van der Waals surface area contributed by atoms with Crippen molar-refractivity contribution in [1.29, 1.82) is 0 Å². The predicted octanol–water partition coefficient (Wildman–Crippen LogP) is 2.48. The molecule has 2 unspecified atom stereocenters. The van der Waals surface area contributed by atoms with Crippen molar-refractivity contribution >= 4 is 5.91 Å². The lowest BCUT2D eigenvalue weighted by atomic mass is 10.0. The Kier molecular flexibility index (Phi) is 5.04. The van der Waals surface area contributed by atoms with Gasteiger partial charge in [0.1, 0.15) is 0 Å². The van der Waals surface area contributed by atoms with Crippen LogP contribution in [0.2, 0.25) is 0 Å². The topological polar surface area (TPSA) is 67.2 Å². The molecule has 5 nitrogen and oxygen atoms in total. The summed E-state index contributed by atoms with van der Waals surface area (Å²) in [6.45, 7) is 8.47. The maximum absolute atomic E-state index is 12.4. The minimum atomic E-state index is -0.497. The number of amides is 1. The molecule has 1 aromatic heterocycles. The Morgan fingerprint density at radius 1 is 1.48 bits per heavy atom. The molecular weight excluding hydrogens is 266 g/mol. The first-order valence-corrected chi connectivity index (χ1v) is 7.99. The number of aromatic nitrogens is 2. The van der Waals surface area contributed by atoms with Gasteiger partial charge in [-0.1, -0.05) is 20.3 Å². The second-order valence-electron chi connectivity index (χ2n) is 6.42. The highest BCUT2D eigenvalue weighted by molar-refractivity contribution is 5.95. The van der Waals surface area contributed by atoms with Crippen molar-refractivity contribution in [2.24, 2.45) is 5.92 Å². The molecule has 2 N–H and O–H groups in total. The summed E-state index contributed by atoms with van der Waals surface area (Å²) in [5, 5.41) is 17.2. The lowest BCUT2D eigenvalue weighted by Gasteiger charge is -2.18. The molecule has 0 aliphatic heterocycles. The van der Waals surface area contributed by atoms with Crippen LogP contribution in [-0.2, 0) is 0 Å². The van der Waals surface area contributed by atoms with Gasteiger partial charge in [-0.25, -0.2) is 0 Å². The third-order valence-electron chi connectivity index (χ3n) is 4.30. The summed E-state index contributed by atoms with van der Waals surface area (Å²) < 4.78 is 1.96. The molecular formula is C16H27N3O2. The molecule has 0 aromatic carbocycles. The summed E-state index contributed by atoms with van der Waals surface area (Å²) in [6.07, 6.45) is 4.33. The largest absolute Gasteiger partial charge is 0.391 e. The highest BCUT2D eigenvalue weighted by atomic mass is 16.3. The van der Waals surface area contributed by atoms with Gasteiger partial charge in [-0.05, 0) is 32.6 Å². The average molecular weight is 293 g/mol. The zero-order valence-electron chi connectivity index (χ0n) is 13.5. The van der Waals surface area contributed by atoms with Crippen molar-refractivity contribution in [1.82, 2.24) is 15.1 Å². The quantitative estimate of drug-likeness (QED) is 0.811. The molecule has 0 saturated heterocycles. The molecule has 0 spiro atoms. The van der Waals surface area contributed by atoms with Crippen molar-refractivity contribution in [3.8, 4) is 0 Å². The van der Waals surface area contributed by atoms with E-state index in [1.165, 1.54) is 0 Å². The van der Waals surface area contributed by atoms with E-state index in [2.05, 4.69) is 24.3 Å². The molecule has 21 heavy (non-hydrogen) atoms. The first kappa shape index (κ1) is 16.0. The van der Waals surface area contributed by atoms with Gasteiger partial charge in [0.15, 0.2) is 0 Å². The van der Waals surface area contributed by atoms with Gasteiger partial charge >= 0.3 is 0 Å². The average Bonchev–Trinajstić information content (AvgIpc) is 3.21. The highest BCUT2D eigenvalue weighted by Crippen LogP contribution is 2.42. The molecule has 1 fully saturated rings. The van der Waals surface area contributed by atoms with Crippen LogP contribution in [0.25, 0.3) is 0 Å². The van der Waals surface area contributed by atoms with E-state index in [0.717, 1.165) is 25.0 Å². The van der Waals surface area contributed by atoms with Gasteiger partial charge in [0.25, 0.3) is 5.91 Å². The number of rotatable bonds is 7. The van der Waals surface area contributed by atoms with Crippen LogP contribution in [-0.4, -0.2) is 33.4 Å². The van der Waals surface area contributed by atoms with Gasteiger partial charge in [0.05, 0.1) is 23.6 Å². The third-order valence-corrected chi connectivity index (χ3v) is 4.30. The Hall–Kier alpha value is -1.36. The van der Waals surface area contributed by atoms with E-state index < -0.39 is 6.10 Å². The maximum Gasteiger partial charge on any atom is 0.254 e. The van der Waals surface area contributed by atoms with Crippen LogP contribution in [0.15, 0.2) is 6.20 Å². The van der Waals surface area contributed by atoms with Gasteiger partial charge in [0, 0.05) is 18.5 Å². The van der Waals surface area contributed by atoms with Gasteiger partial charge in [-0.2, -0.15) is 5.10 Å². The van der Waals surface area contributed by atoms with Crippen LogP contribution >= 0.6 is 0 Å². The molecule has 2 atom stereocenters. The first-order valence-electron chi connectivity index (χ1n) is 7.99. The number of nitrogens with zero attached hydrogens (tertiary/aromatic N) is 2. The minimum Gasteiger partial charge on any atom is -0.391 e. The Morgan fingerprint density at radius 3 is 2.67 bits per heavy atom. The van der Waals surface area contributed by atoms with E-state index in [1.54, 1.807) is 6.20 Å². The monoisotopic (exact) mass is 293 g/mol. The minimum absolute atomic E-state index is 0.119. The number of carbonyl (C=O) groups excluding carboxylic acids is 1. The van der Waals surface area contributed by atoms with E-state index in [9.17, 15) is 9.90 Å². The molecule has 0 bridgehead atoms. The van der Waals surface area contributed by atoms with Crippen LogP contribution in [0.1, 0.15) is 75.0 Å². The van der Waals surface area contributed by atoms with Crippen molar-refractivity contribution in [3.63, 3.8) is 0 Å². The van der Waals surface area contributed by atoms with Crippen LogP contribution in [0, 0.1) is 5.92 Å². The van der Waals surface area contributed by atoms with E-state index in [4.69, 9.17) is 0 Å². The normalized spacial score (nSPS) is 17.8. The summed E-state index contributed by atoms with van der Waals surface area (Å²) in [5.74, 6) is 0.535. The van der Waals surface area contributed by atoms with Crippen LogP contribution in [0.3, 0.4) is 0 Å². The zero-order valence-corrected chi connectivity index (χ0v) is 13.5. The summed E-state index contributed by atoms with van der Waals surface area (Å²) >= 11 is 0. The Balaban J connectivity index is 2.06. The molecule has 1 aliphatic rings. The Bertz CT molecular complexity index is 492. The van der Waals surface area contributed by atoms with Gasteiger partial charge < -0.3 is 10.4 Å². The lowest BCUT2D eigenvalue weighted by molar-refractivity contribution is 0.0849. The van der Waals surface area contributed by atoms with Crippen LogP contribution < -0.4 is 5.32 Å².